The van der Waals surface area contributed by atoms with Crippen molar-refractivity contribution in [2.75, 3.05) is 27.4 Å². The summed E-state index contributed by atoms with van der Waals surface area (Å²) in [6.07, 6.45) is 0.688. The van der Waals surface area contributed by atoms with E-state index in [-0.39, 0.29) is 17.9 Å². The normalized spacial score (nSPS) is 14.0. The highest BCUT2D eigenvalue weighted by Crippen LogP contribution is 2.41. The van der Waals surface area contributed by atoms with E-state index in [0.29, 0.717) is 47.1 Å². The Hall–Kier alpha value is -2.77. The fraction of sp³-hybridized carbons (Fsp3) is 0.333. The molecule has 0 spiro atoms. The van der Waals surface area contributed by atoms with Gasteiger partial charge in [-0.05, 0) is 50.1 Å². The third kappa shape index (κ3) is 5.29. The summed E-state index contributed by atoms with van der Waals surface area (Å²) in [4.78, 5) is 29.2. The SMILES string of the molecule is COc1ccc(C2=C(Sc3ccccc3)C(=O)N(CCCOC(C)C)C2=O)cc1OC. The number of imide groups is 1. The Morgan fingerprint density at radius 2 is 1.65 bits per heavy atom. The maximum atomic E-state index is 13.3. The minimum Gasteiger partial charge on any atom is -0.493 e. The first-order valence-corrected chi connectivity index (χ1v) is 10.9. The lowest BCUT2D eigenvalue weighted by atomic mass is 10.1. The van der Waals surface area contributed by atoms with Crippen LogP contribution in [-0.2, 0) is 14.3 Å². The van der Waals surface area contributed by atoms with E-state index in [9.17, 15) is 9.59 Å². The van der Waals surface area contributed by atoms with Crippen molar-refractivity contribution >= 4 is 29.1 Å². The number of nitrogens with zero attached hydrogens (tertiary/aromatic N) is 1. The zero-order valence-corrected chi connectivity index (χ0v) is 19.0. The lowest BCUT2D eigenvalue weighted by Crippen LogP contribution is -2.33. The molecule has 2 aromatic rings. The first-order valence-electron chi connectivity index (χ1n) is 10.1. The van der Waals surface area contributed by atoms with Crippen LogP contribution < -0.4 is 9.47 Å². The molecule has 0 fully saturated rings. The van der Waals surface area contributed by atoms with E-state index in [1.807, 2.05) is 44.2 Å². The average Bonchev–Trinajstić information content (AvgIpc) is 3.00. The molecule has 31 heavy (non-hydrogen) atoms. The predicted octanol–water partition coefficient (Wildman–Crippen LogP) is 4.39. The summed E-state index contributed by atoms with van der Waals surface area (Å²) in [7, 11) is 3.09. The molecule has 2 amide bonds. The molecule has 3 rings (SSSR count). The molecule has 1 aliphatic heterocycles. The second kappa shape index (κ2) is 10.5. The van der Waals surface area contributed by atoms with Gasteiger partial charge in [0.15, 0.2) is 11.5 Å². The number of hydrogen-bond acceptors (Lipinski definition) is 6. The molecule has 0 atom stereocenters. The molecule has 6 nitrogen and oxygen atoms in total. The smallest absolute Gasteiger partial charge is 0.268 e. The fourth-order valence-electron chi connectivity index (χ4n) is 3.25. The van der Waals surface area contributed by atoms with Gasteiger partial charge in [0, 0.05) is 18.0 Å². The number of carbonyl (C=O) groups is 2. The molecule has 2 aromatic carbocycles. The summed E-state index contributed by atoms with van der Waals surface area (Å²) in [6.45, 7) is 4.70. The van der Waals surface area contributed by atoms with Gasteiger partial charge in [0.25, 0.3) is 11.8 Å². The number of thioether (sulfide) groups is 1. The van der Waals surface area contributed by atoms with Gasteiger partial charge in [-0.25, -0.2) is 0 Å². The first kappa shape index (κ1) is 22.9. The highest BCUT2D eigenvalue weighted by Gasteiger charge is 2.39. The van der Waals surface area contributed by atoms with Crippen molar-refractivity contribution in [2.45, 2.75) is 31.3 Å². The van der Waals surface area contributed by atoms with Crippen molar-refractivity contribution in [1.29, 1.82) is 0 Å². The van der Waals surface area contributed by atoms with Crippen molar-refractivity contribution in [3.05, 3.63) is 59.0 Å². The Morgan fingerprint density at radius 1 is 0.935 bits per heavy atom. The Morgan fingerprint density at radius 3 is 2.29 bits per heavy atom. The molecule has 0 saturated carbocycles. The van der Waals surface area contributed by atoms with E-state index in [4.69, 9.17) is 14.2 Å². The number of benzene rings is 2. The quantitative estimate of drug-likeness (QED) is 0.402. The van der Waals surface area contributed by atoms with Crippen molar-refractivity contribution in [2.24, 2.45) is 0 Å². The van der Waals surface area contributed by atoms with Gasteiger partial charge in [-0.3, -0.25) is 14.5 Å². The number of amides is 2. The number of carbonyl (C=O) groups excluding carboxylic acids is 2. The van der Waals surface area contributed by atoms with E-state index in [2.05, 4.69) is 0 Å². The summed E-state index contributed by atoms with van der Waals surface area (Å²) in [6, 6.07) is 14.8. The van der Waals surface area contributed by atoms with Crippen LogP contribution in [0.1, 0.15) is 25.8 Å². The Labute approximate surface area is 187 Å². The summed E-state index contributed by atoms with van der Waals surface area (Å²) >= 11 is 1.30. The highest BCUT2D eigenvalue weighted by atomic mass is 32.2. The average molecular weight is 442 g/mol. The van der Waals surface area contributed by atoms with Crippen molar-refractivity contribution < 1.29 is 23.8 Å². The molecule has 0 radical (unpaired) electrons. The Kier molecular flexibility index (Phi) is 7.76. The molecule has 0 saturated heterocycles. The van der Waals surface area contributed by atoms with Crippen molar-refractivity contribution in [3.8, 4) is 11.5 Å². The Bertz CT molecular complexity index is 971. The maximum absolute atomic E-state index is 13.3. The van der Waals surface area contributed by atoms with E-state index >= 15 is 0 Å². The van der Waals surface area contributed by atoms with Gasteiger partial charge in [0.2, 0.25) is 0 Å². The van der Waals surface area contributed by atoms with Crippen molar-refractivity contribution in [1.82, 2.24) is 4.90 Å². The molecule has 1 aliphatic rings. The molecule has 7 heteroatoms. The van der Waals surface area contributed by atoms with Gasteiger partial charge >= 0.3 is 0 Å². The lowest BCUT2D eigenvalue weighted by molar-refractivity contribution is -0.136. The molecular formula is C24H27NO5S. The molecule has 0 N–H and O–H groups in total. The molecule has 164 valence electrons. The minimum absolute atomic E-state index is 0.106. The largest absolute Gasteiger partial charge is 0.493 e. The molecule has 0 bridgehead atoms. The van der Waals surface area contributed by atoms with E-state index < -0.39 is 0 Å². The number of ether oxygens (including phenoxy) is 3. The van der Waals surface area contributed by atoms with E-state index in [1.165, 1.54) is 23.8 Å². The van der Waals surface area contributed by atoms with Gasteiger partial charge in [0.05, 0.1) is 30.8 Å². The number of rotatable bonds is 10. The third-order valence-corrected chi connectivity index (χ3v) is 5.83. The van der Waals surface area contributed by atoms with Crippen LogP contribution in [0.3, 0.4) is 0 Å². The standard InChI is InChI=1S/C24H27NO5S/c1-16(2)30-14-8-13-25-23(26)21(17-11-12-19(28-3)20(15-17)29-4)22(24(25)27)31-18-9-6-5-7-10-18/h5-7,9-12,15-16H,8,13-14H2,1-4H3. The monoisotopic (exact) mass is 441 g/mol. The van der Waals surface area contributed by atoms with E-state index in [0.717, 1.165) is 4.90 Å². The second-order valence-electron chi connectivity index (χ2n) is 7.22. The molecule has 0 aliphatic carbocycles. The van der Waals surface area contributed by atoms with Gasteiger partial charge in [-0.2, -0.15) is 0 Å². The van der Waals surface area contributed by atoms with Gasteiger partial charge in [-0.15, -0.1) is 0 Å². The van der Waals surface area contributed by atoms with Crippen LogP contribution >= 0.6 is 11.8 Å². The minimum atomic E-state index is -0.305. The predicted molar refractivity (Wildman–Crippen MR) is 121 cm³/mol. The number of methoxy groups -OCH3 is 2. The summed E-state index contributed by atoms with van der Waals surface area (Å²) in [5.74, 6) is 0.470. The maximum Gasteiger partial charge on any atom is 0.268 e. The van der Waals surface area contributed by atoms with Crippen LogP contribution in [0, 0.1) is 0 Å². The first-order chi connectivity index (χ1) is 15.0. The Balaban J connectivity index is 1.95. The summed E-state index contributed by atoms with van der Waals surface area (Å²) in [5, 5.41) is 0. The zero-order chi connectivity index (χ0) is 22.4. The van der Waals surface area contributed by atoms with Crippen LogP contribution in [-0.4, -0.2) is 50.2 Å². The van der Waals surface area contributed by atoms with Crippen LogP contribution in [0.15, 0.2) is 58.3 Å². The molecule has 0 aromatic heterocycles. The molecular weight excluding hydrogens is 414 g/mol. The van der Waals surface area contributed by atoms with Gasteiger partial charge in [0.1, 0.15) is 0 Å². The second-order valence-corrected chi connectivity index (χ2v) is 8.31. The van der Waals surface area contributed by atoms with E-state index in [1.54, 1.807) is 25.3 Å². The van der Waals surface area contributed by atoms with Crippen LogP contribution in [0.4, 0.5) is 0 Å². The zero-order valence-electron chi connectivity index (χ0n) is 18.2. The highest BCUT2D eigenvalue weighted by molar-refractivity contribution is 8.04. The third-order valence-electron chi connectivity index (χ3n) is 4.74. The van der Waals surface area contributed by atoms with Crippen LogP contribution in [0.2, 0.25) is 0 Å². The molecule has 1 heterocycles. The van der Waals surface area contributed by atoms with Crippen LogP contribution in [0.5, 0.6) is 11.5 Å². The summed E-state index contributed by atoms with van der Waals surface area (Å²) in [5.41, 5.74) is 1.000. The fourth-order valence-corrected chi connectivity index (χ4v) is 4.28. The lowest BCUT2D eigenvalue weighted by Gasteiger charge is -2.16. The van der Waals surface area contributed by atoms with Crippen molar-refractivity contribution in [3.63, 3.8) is 0 Å². The molecule has 0 unspecified atom stereocenters. The van der Waals surface area contributed by atoms with Gasteiger partial charge in [-0.1, -0.05) is 36.0 Å². The topological polar surface area (TPSA) is 65.1 Å². The summed E-state index contributed by atoms with van der Waals surface area (Å²) < 4.78 is 16.3. The van der Waals surface area contributed by atoms with Crippen LogP contribution in [0.25, 0.3) is 5.57 Å². The number of hydrogen-bond donors (Lipinski definition) is 0. The van der Waals surface area contributed by atoms with Gasteiger partial charge < -0.3 is 14.2 Å².